The van der Waals surface area contributed by atoms with Gasteiger partial charge in [-0.25, -0.2) is 4.79 Å². The lowest BCUT2D eigenvalue weighted by atomic mass is 9.93. The Balaban J connectivity index is 2.01. The number of carbonyl (C=O) groups excluding carboxylic acids is 1. The van der Waals surface area contributed by atoms with E-state index in [1.807, 2.05) is 0 Å². The van der Waals surface area contributed by atoms with Gasteiger partial charge in [0, 0.05) is 6.07 Å². The fraction of sp³-hybridized carbons (Fsp3) is 0.333. The molecule has 0 radical (unpaired) electrons. The maximum Gasteiger partial charge on any atom is 0.512 e. The Morgan fingerprint density at radius 3 is 2.79 bits per heavy atom. The number of amides is 1. The van der Waals surface area contributed by atoms with Crippen LogP contribution in [0.15, 0.2) is 35.0 Å². The van der Waals surface area contributed by atoms with Crippen molar-refractivity contribution in [1.82, 2.24) is 4.90 Å². The average Bonchev–Trinajstić information content (AvgIpc) is 2.80. The van der Waals surface area contributed by atoms with Gasteiger partial charge < -0.3 is 19.5 Å². The van der Waals surface area contributed by atoms with E-state index in [-0.39, 0.29) is 11.8 Å². The van der Waals surface area contributed by atoms with E-state index in [0.717, 1.165) is 0 Å². The summed E-state index contributed by atoms with van der Waals surface area (Å²) in [5.74, 6) is -1.04. The number of thioether (sulfide) groups is 1. The van der Waals surface area contributed by atoms with Crippen molar-refractivity contribution in [2.45, 2.75) is 23.3 Å². The SMILES string of the molecule is C[C@@H](O)[C@H]1C(=O)N2C(OC(=O)O)=C(c3cccc([S+](C)[O-])c3)S[C@H]12. The number of carbonyl (C=O) groups is 2. The minimum atomic E-state index is -1.52. The number of aliphatic hydroxyl groups excluding tert-OH is 1. The third-order valence-corrected chi connectivity index (χ3v) is 6.18. The van der Waals surface area contributed by atoms with Gasteiger partial charge in [0.2, 0.25) is 11.8 Å². The van der Waals surface area contributed by atoms with E-state index in [4.69, 9.17) is 9.84 Å². The Kier molecular flexibility index (Phi) is 4.52. The molecule has 0 aromatic heterocycles. The van der Waals surface area contributed by atoms with Crippen molar-refractivity contribution in [3.63, 3.8) is 0 Å². The first kappa shape index (κ1) is 17.2. The first-order valence-corrected chi connectivity index (χ1v) is 9.51. The lowest BCUT2D eigenvalue weighted by Gasteiger charge is -2.43. The van der Waals surface area contributed by atoms with Crippen LogP contribution in [0.1, 0.15) is 12.5 Å². The van der Waals surface area contributed by atoms with Crippen molar-refractivity contribution in [3.8, 4) is 0 Å². The summed E-state index contributed by atoms with van der Waals surface area (Å²) >= 11 is 0.0676. The minimum Gasteiger partial charge on any atom is -0.612 e. The fourth-order valence-electron chi connectivity index (χ4n) is 2.74. The van der Waals surface area contributed by atoms with E-state index in [1.165, 1.54) is 23.6 Å². The molecule has 0 spiro atoms. The minimum absolute atomic E-state index is 0.0570. The van der Waals surface area contributed by atoms with Crippen LogP contribution in [-0.2, 0) is 20.7 Å². The topological polar surface area (TPSA) is 110 Å². The van der Waals surface area contributed by atoms with Crippen LogP contribution >= 0.6 is 11.8 Å². The van der Waals surface area contributed by atoms with E-state index < -0.39 is 34.7 Å². The number of benzene rings is 1. The molecule has 2 aliphatic heterocycles. The van der Waals surface area contributed by atoms with Crippen LogP contribution in [0.4, 0.5) is 4.79 Å². The van der Waals surface area contributed by atoms with Crippen LogP contribution in [0.25, 0.3) is 4.91 Å². The van der Waals surface area contributed by atoms with Crippen LogP contribution in [0.3, 0.4) is 0 Å². The monoisotopic (exact) mass is 369 g/mol. The van der Waals surface area contributed by atoms with E-state index in [9.17, 15) is 19.2 Å². The van der Waals surface area contributed by atoms with Gasteiger partial charge in [-0.15, -0.1) is 0 Å². The Labute approximate surface area is 145 Å². The lowest BCUT2D eigenvalue weighted by Crippen LogP contribution is -2.60. The molecule has 0 aliphatic carbocycles. The highest BCUT2D eigenvalue weighted by molar-refractivity contribution is 8.09. The molecule has 1 unspecified atom stereocenters. The van der Waals surface area contributed by atoms with E-state index in [0.29, 0.717) is 15.4 Å². The van der Waals surface area contributed by atoms with Gasteiger partial charge in [0.1, 0.15) is 11.6 Å². The summed E-state index contributed by atoms with van der Waals surface area (Å²) in [6.07, 6.45) is -0.817. The molecule has 3 rings (SSSR count). The number of nitrogens with zero attached hydrogens (tertiary/aromatic N) is 1. The molecule has 1 aromatic rings. The van der Waals surface area contributed by atoms with Crippen molar-refractivity contribution in [1.29, 1.82) is 0 Å². The zero-order valence-electron chi connectivity index (χ0n) is 12.8. The maximum atomic E-state index is 12.2. The molecule has 2 heterocycles. The Morgan fingerprint density at radius 2 is 2.21 bits per heavy atom. The summed E-state index contributed by atoms with van der Waals surface area (Å²) in [6, 6.07) is 6.83. The standard InChI is InChI=1S/C15H15NO6S2/c1-7(17)10-12(18)16-13(22-15(19)20)11(23-14(10)16)8-4-3-5-9(6-8)24(2)21/h3-7,10,14,17H,1-2H3,(H,19,20)/t7-,10+,14-,24?/m1/s1. The van der Waals surface area contributed by atoms with Gasteiger partial charge in [0.15, 0.2) is 4.90 Å². The van der Waals surface area contributed by atoms with Crippen molar-refractivity contribution in [2.24, 2.45) is 5.92 Å². The summed E-state index contributed by atoms with van der Waals surface area (Å²) in [4.78, 5) is 25.5. The number of β-lactam (4-membered cyclic amide) rings is 1. The smallest absolute Gasteiger partial charge is 0.512 e. The Morgan fingerprint density at radius 1 is 1.50 bits per heavy atom. The van der Waals surface area contributed by atoms with Gasteiger partial charge in [-0.3, -0.25) is 9.69 Å². The van der Waals surface area contributed by atoms with Crippen molar-refractivity contribution in [3.05, 3.63) is 35.7 Å². The van der Waals surface area contributed by atoms with Gasteiger partial charge in [0.05, 0.1) is 16.9 Å². The third-order valence-electron chi connectivity index (χ3n) is 3.87. The summed E-state index contributed by atoms with van der Waals surface area (Å²) in [5, 5.41) is 18.3. The predicted molar refractivity (Wildman–Crippen MR) is 88.2 cm³/mol. The molecule has 1 saturated heterocycles. The lowest BCUT2D eigenvalue weighted by molar-refractivity contribution is -0.155. The number of aliphatic hydroxyl groups is 1. The number of ether oxygens (including phenoxy) is 1. The molecule has 24 heavy (non-hydrogen) atoms. The van der Waals surface area contributed by atoms with E-state index in [2.05, 4.69) is 0 Å². The summed E-state index contributed by atoms with van der Waals surface area (Å²) < 4.78 is 16.5. The first-order chi connectivity index (χ1) is 11.3. The fourth-order valence-corrected chi connectivity index (χ4v) is 4.84. The van der Waals surface area contributed by atoms with E-state index >= 15 is 0 Å². The maximum absolute atomic E-state index is 12.2. The molecule has 2 N–H and O–H groups in total. The molecule has 128 valence electrons. The quantitative estimate of drug-likeness (QED) is 0.472. The molecule has 1 aromatic carbocycles. The van der Waals surface area contributed by atoms with Crippen molar-refractivity contribution in [2.75, 3.05) is 6.26 Å². The molecule has 9 heteroatoms. The van der Waals surface area contributed by atoms with Gasteiger partial charge in [-0.05, 0) is 29.7 Å². The van der Waals surface area contributed by atoms with Crippen molar-refractivity contribution < 1.29 is 29.1 Å². The predicted octanol–water partition coefficient (Wildman–Crippen LogP) is 1.66. The zero-order chi connectivity index (χ0) is 17.6. The Bertz CT molecular complexity index is 732. The average molecular weight is 369 g/mol. The molecule has 7 nitrogen and oxygen atoms in total. The Hall–Kier alpha value is -1.68. The number of carboxylic acid groups (broad SMARTS) is 1. The molecule has 0 saturated carbocycles. The van der Waals surface area contributed by atoms with Crippen LogP contribution < -0.4 is 0 Å². The van der Waals surface area contributed by atoms with Crippen LogP contribution in [0.5, 0.6) is 0 Å². The molecule has 0 bridgehead atoms. The second-order valence-electron chi connectivity index (χ2n) is 5.47. The van der Waals surface area contributed by atoms with Gasteiger partial charge in [0.25, 0.3) is 0 Å². The highest BCUT2D eigenvalue weighted by Crippen LogP contribution is 2.54. The molecular formula is C15H15NO6S2. The zero-order valence-corrected chi connectivity index (χ0v) is 14.5. The molecular weight excluding hydrogens is 354 g/mol. The van der Waals surface area contributed by atoms with E-state index in [1.54, 1.807) is 30.5 Å². The number of rotatable bonds is 4. The van der Waals surface area contributed by atoms with Crippen LogP contribution in [-0.4, -0.2) is 49.5 Å². The number of fused-ring (bicyclic) bond motifs is 1. The van der Waals surface area contributed by atoms with Gasteiger partial charge in [-0.1, -0.05) is 23.9 Å². The number of hydrogen-bond donors (Lipinski definition) is 2. The number of hydrogen-bond acceptors (Lipinski definition) is 6. The summed E-state index contributed by atoms with van der Waals surface area (Å²) in [7, 11) is 0. The van der Waals surface area contributed by atoms with Gasteiger partial charge >= 0.3 is 6.16 Å². The summed E-state index contributed by atoms with van der Waals surface area (Å²) in [6.45, 7) is 1.52. The molecule has 1 amide bonds. The third kappa shape index (κ3) is 2.77. The highest BCUT2D eigenvalue weighted by Gasteiger charge is 2.57. The summed E-state index contributed by atoms with van der Waals surface area (Å²) in [5.41, 5.74) is 0.621. The second kappa shape index (κ2) is 6.32. The van der Waals surface area contributed by atoms with Crippen molar-refractivity contribution >= 4 is 39.9 Å². The largest absolute Gasteiger partial charge is 0.612 e. The van der Waals surface area contributed by atoms with Crippen LogP contribution in [0, 0.1) is 5.92 Å². The second-order valence-corrected chi connectivity index (χ2v) is 7.97. The first-order valence-electron chi connectivity index (χ1n) is 7.08. The molecule has 1 fully saturated rings. The van der Waals surface area contributed by atoms with Crippen LogP contribution in [0.2, 0.25) is 0 Å². The highest BCUT2D eigenvalue weighted by atomic mass is 32.2. The normalized spacial score (nSPS) is 25.2. The van der Waals surface area contributed by atoms with Gasteiger partial charge in [-0.2, -0.15) is 0 Å². The molecule has 4 atom stereocenters. The molecule has 2 aliphatic rings.